The van der Waals surface area contributed by atoms with Crippen molar-refractivity contribution >= 4 is 6.21 Å². The van der Waals surface area contributed by atoms with Crippen LogP contribution in [-0.4, -0.2) is 26.5 Å². The maximum atomic E-state index is 12.3. The van der Waals surface area contributed by atoms with Crippen LogP contribution in [0.3, 0.4) is 0 Å². The van der Waals surface area contributed by atoms with Crippen molar-refractivity contribution in [3.8, 4) is 0 Å². The quantitative estimate of drug-likeness (QED) is 0.565. The molecule has 0 aromatic heterocycles. The predicted molar refractivity (Wildman–Crippen MR) is 59.1 cm³/mol. The average Bonchev–Trinajstić information content (AvgIpc) is 2.17. The second kappa shape index (κ2) is 6.92. The highest BCUT2D eigenvalue weighted by molar-refractivity contribution is 5.57. The van der Waals surface area contributed by atoms with Gasteiger partial charge < -0.3 is 16.0 Å². The van der Waals surface area contributed by atoms with Gasteiger partial charge in [-0.1, -0.05) is 0 Å². The van der Waals surface area contributed by atoms with Crippen LogP contribution >= 0.6 is 0 Å². The first-order valence-corrected chi connectivity index (χ1v) is 4.73. The minimum absolute atomic E-state index is 0.386. The number of nitrogens with zero attached hydrogens (tertiary/aromatic N) is 1. The number of hydrogen-bond donors (Lipinski definition) is 2. The predicted octanol–water partition coefficient (Wildman–Crippen LogP) is 1.98. The number of alkyl halides is 3. The maximum absolute atomic E-state index is 12.3. The van der Waals surface area contributed by atoms with E-state index in [1.807, 2.05) is 0 Å². The molecule has 0 spiro atoms. The molecule has 0 aliphatic carbocycles. The summed E-state index contributed by atoms with van der Waals surface area (Å²) in [5.41, 5.74) is 5.09. The summed E-state index contributed by atoms with van der Waals surface area (Å²) in [6, 6.07) is 0. The van der Waals surface area contributed by atoms with Crippen molar-refractivity contribution in [1.82, 2.24) is 5.32 Å². The van der Waals surface area contributed by atoms with E-state index in [2.05, 4.69) is 10.3 Å². The fraction of sp³-hybridized carbons (Fsp3) is 0.500. The topological polar surface area (TPSA) is 50.4 Å². The molecular formula is C10H16F3N3. The van der Waals surface area contributed by atoms with Gasteiger partial charge in [-0.25, -0.2) is 0 Å². The van der Waals surface area contributed by atoms with Crippen LogP contribution in [0.1, 0.15) is 12.8 Å². The van der Waals surface area contributed by atoms with Gasteiger partial charge >= 0.3 is 6.18 Å². The molecule has 0 radical (unpaired) electrons. The first kappa shape index (κ1) is 14.5. The number of aliphatic imine (C=N–C) groups is 1. The van der Waals surface area contributed by atoms with Crippen molar-refractivity contribution in [3.05, 3.63) is 23.5 Å². The van der Waals surface area contributed by atoms with Crippen LogP contribution in [0.5, 0.6) is 0 Å². The van der Waals surface area contributed by atoms with Crippen LogP contribution in [0.4, 0.5) is 13.2 Å². The van der Waals surface area contributed by atoms with Crippen LogP contribution in [0.2, 0.25) is 0 Å². The molecule has 6 heteroatoms. The third-order valence-corrected chi connectivity index (χ3v) is 1.78. The van der Waals surface area contributed by atoms with Crippen molar-refractivity contribution in [3.63, 3.8) is 0 Å². The van der Waals surface area contributed by atoms with Crippen molar-refractivity contribution in [2.24, 2.45) is 10.7 Å². The van der Waals surface area contributed by atoms with Gasteiger partial charge in [-0.3, -0.25) is 0 Å². The van der Waals surface area contributed by atoms with Crippen molar-refractivity contribution in [2.75, 3.05) is 14.1 Å². The molecular weight excluding hydrogens is 219 g/mol. The lowest BCUT2D eigenvalue weighted by Crippen LogP contribution is -2.22. The maximum Gasteiger partial charge on any atom is 0.430 e. The van der Waals surface area contributed by atoms with Crippen molar-refractivity contribution in [2.45, 2.75) is 19.0 Å². The molecule has 0 bridgehead atoms. The third-order valence-electron chi connectivity index (χ3n) is 1.78. The van der Waals surface area contributed by atoms with E-state index in [-0.39, 0.29) is 0 Å². The van der Waals surface area contributed by atoms with Gasteiger partial charge in [0.15, 0.2) is 0 Å². The molecule has 0 heterocycles. The summed E-state index contributed by atoms with van der Waals surface area (Å²) >= 11 is 0. The van der Waals surface area contributed by atoms with Crippen LogP contribution in [-0.2, 0) is 0 Å². The van der Waals surface area contributed by atoms with Gasteiger partial charge in [-0.15, -0.1) is 0 Å². The fourth-order valence-electron chi connectivity index (χ4n) is 0.954. The first-order valence-electron chi connectivity index (χ1n) is 4.73. The van der Waals surface area contributed by atoms with Gasteiger partial charge in [0.05, 0.1) is 0 Å². The number of rotatable bonds is 5. The lowest BCUT2D eigenvalue weighted by Gasteiger charge is -2.09. The van der Waals surface area contributed by atoms with Gasteiger partial charge in [0, 0.05) is 19.8 Å². The molecule has 0 aliphatic heterocycles. The Bertz CT molecular complexity index is 290. The minimum Gasteiger partial charge on any atom is -0.402 e. The zero-order chi connectivity index (χ0) is 12.6. The van der Waals surface area contributed by atoms with Crippen molar-refractivity contribution in [1.29, 1.82) is 0 Å². The Labute approximate surface area is 92.9 Å². The third kappa shape index (κ3) is 6.10. The Balaban J connectivity index is 4.45. The van der Waals surface area contributed by atoms with E-state index in [1.54, 1.807) is 13.3 Å². The Morgan fingerprint density at radius 2 is 2.00 bits per heavy atom. The highest BCUT2D eigenvalue weighted by Gasteiger charge is 2.32. The van der Waals surface area contributed by atoms with E-state index < -0.39 is 11.9 Å². The van der Waals surface area contributed by atoms with Crippen molar-refractivity contribution < 1.29 is 13.2 Å². The molecule has 0 fully saturated rings. The molecule has 0 atom stereocenters. The Kier molecular flexibility index (Phi) is 6.29. The molecule has 0 saturated carbocycles. The molecule has 0 aromatic rings. The van der Waals surface area contributed by atoms with E-state index in [9.17, 15) is 13.2 Å². The summed E-state index contributed by atoms with van der Waals surface area (Å²) in [5.74, 6) is 0. The van der Waals surface area contributed by atoms with Gasteiger partial charge in [-0.2, -0.15) is 13.2 Å². The molecule has 0 aliphatic rings. The molecule has 0 amide bonds. The molecule has 0 rings (SSSR count). The van der Waals surface area contributed by atoms with Gasteiger partial charge in [0.2, 0.25) is 0 Å². The largest absolute Gasteiger partial charge is 0.430 e. The number of nitrogens with one attached hydrogen (secondary N) is 1. The molecule has 92 valence electrons. The minimum atomic E-state index is -4.38. The Morgan fingerprint density at radius 3 is 2.44 bits per heavy atom. The van der Waals surface area contributed by atoms with E-state index in [1.165, 1.54) is 13.1 Å². The zero-order valence-corrected chi connectivity index (χ0v) is 9.30. The van der Waals surface area contributed by atoms with E-state index in [4.69, 9.17) is 5.73 Å². The number of hydrogen-bond acceptors (Lipinski definition) is 3. The smallest absolute Gasteiger partial charge is 0.402 e. The first-order chi connectivity index (χ1) is 7.41. The molecule has 0 saturated heterocycles. The van der Waals surface area contributed by atoms with Gasteiger partial charge in [0.1, 0.15) is 5.70 Å². The molecule has 3 nitrogen and oxygen atoms in total. The molecule has 16 heavy (non-hydrogen) atoms. The summed E-state index contributed by atoms with van der Waals surface area (Å²) in [5, 5.41) is 2.07. The Hall–Kier alpha value is -1.46. The number of halogens is 3. The number of nitrogens with two attached hydrogens (primary N) is 1. The zero-order valence-electron chi connectivity index (χ0n) is 9.30. The summed E-state index contributed by atoms with van der Waals surface area (Å²) in [6.45, 7) is 0. The average molecular weight is 235 g/mol. The van der Waals surface area contributed by atoms with E-state index in [0.29, 0.717) is 18.5 Å². The number of allylic oxidation sites excluding steroid dienone is 4. The lowest BCUT2D eigenvalue weighted by molar-refractivity contribution is -0.0959. The fourth-order valence-corrected chi connectivity index (χ4v) is 0.954. The highest BCUT2D eigenvalue weighted by Crippen LogP contribution is 2.23. The molecule has 0 unspecified atom stereocenters. The second-order valence-electron chi connectivity index (χ2n) is 3.05. The lowest BCUT2D eigenvalue weighted by atomic mass is 10.2. The SMILES string of the molecule is C/N=C\CC/C(N)=C\C=C(/NC)C(F)(F)F. The van der Waals surface area contributed by atoms with Gasteiger partial charge in [-0.05, 0) is 31.2 Å². The summed E-state index contributed by atoms with van der Waals surface area (Å²) < 4.78 is 36.8. The molecule has 0 aromatic carbocycles. The highest BCUT2D eigenvalue weighted by atomic mass is 19.4. The summed E-state index contributed by atoms with van der Waals surface area (Å²) in [6.07, 6.45) is 0.571. The Morgan fingerprint density at radius 1 is 1.38 bits per heavy atom. The standard InChI is InChI=1S/C10H16F3N3/c1-15-7-3-4-8(14)5-6-9(16-2)10(11,12)13/h5-7,16H,3-4,14H2,1-2H3/b8-5+,9-6-,15-7-. The monoisotopic (exact) mass is 235 g/mol. The molecule has 3 N–H and O–H groups in total. The van der Waals surface area contributed by atoms with Crippen LogP contribution in [0.15, 0.2) is 28.5 Å². The van der Waals surface area contributed by atoms with Crippen LogP contribution < -0.4 is 11.1 Å². The van der Waals surface area contributed by atoms with Crippen LogP contribution in [0.25, 0.3) is 0 Å². The van der Waals surface area contributed by atoms with Gasteiger partial charge in [0.25, 0.3) is 0 Å². The normalized spacial score (nSPS) is 14.6. The second-order valence-corrected chi connectivity index (χ2v) is 3.05. The van der Waals surface area contributed by atoms with E-state index >= 15 is 0 Å². The van der Waals surface area contributed by atoms with Crippen LogP contribution in [0, 0.1) is 0 Å². The summed E-state index contributed by atoms with van der Waals surface area (Å²) in [7, 11) is 2.84. The summed E-state index contributed by atoms with van der Waals surface area (Å²) in [4.78, 5) is 3.74. The van der Waals surface area contributed by atoms with E-state index in [0.717, 1.165) is 6.08 Å².